The predicted octanol–water partition coefficient (Wildman–Crippen LogP) is 12.8. The van der Waals surface area contributed by atoms with E-state index in [9.17, 15) is 19.0 Å². The number of esters is 2. The fourth-order valence-electron chi connectivity index (χ4n) is 6.54. The molecule has 0 bridgehead atoms. The summed E-state index contributed by atoms with van der Waals surface area (Å²) in [5.74, 6) is -0.786. The number of quaternary nitrogens is 1. The molecule has 0 saturated heterocycles. The number of unbranched alkanes of at least 4 members (excludes halogenated alkanes) is 28. The van der Waals surface area contributed by atoms with Gasteiger partial charge < -0.3 is 18.9 Å². The molecule has 0 aliphatic heterocycles. The molecule has 9 nitrogen and oxygen atoms in total. The van der Waals surface area contributed by atoms with Gasteiger partial charge in [-0.15, -0.1) is 0 Å². The Balaban J connectivity index is 4.18. The first-order chi connectivity index (χ1) is 26.0. The fourth-order valence-corrected chi connectivity index (χ4v) is 7.29. The van der Waals surface area contributed by atoms with Gasteiger partial charge in [-0.3, -0.25) is 18.6 Å². The molecular weight excluding hydrogens is 701 g/mol. The van der Waals surface area contributed by atoms with Crippen molar-refractivity contribution in [3.05, 3.63) is 0 Å². The van der Waals surface area contributed by atoms with E-state index in [1.54, 1.807) is 0 Å². The maximum atomic E-state index is 12.6. The minimum Gasteiger partial charge on any atom is -0.462 e. The Morgan fingerprint density at radius 3 is 1.19 bits per heavy atom. The summed E-state index contributed by atoms with van der Waals surface area (Å²) in [6.07, 6.45) is 37.3. The summed E-state index contributed by atoms with van der Waals surface area (Å²) in [6, 6.07) is 0. The molecule has 0 aliphatic rings. The van der Waals surface area contributed by atoms with E-state index in [0.717, 1.165) is 32.1 Å². The van der Waals surface area contributed by atoms with E-state index in [2.05, 4.69) is 13.8 Å². The normalized spacial score (nSPS) is 13.5. The van der Waals surface area contributed by atoms with Crippen molar-refractivity contribution in [1.82, 2.24) is 0 Å². The molecule has 322 valence electrons. The van der Waals surface area contributed by atoms with E-state index < -0.39 is 26.5 Å². The molecule has 0 heterocycles. The van der Waals surface area contributed by atoms with Crippen LogP contribution in [0.1, 0.15) is 219 Å². The van der Waals surface area contributed by atoms with Gasteiger partial charge >= 0.3 is 19.8 Å². The quantitative estimate of drug-likeness (QED) is 0.0282. The van der Waals surface area contributed by atoms with Crippen molar-refractivity contribution in [3.63, 3.8) is 0 Å². The molecule has 1 unspecified atom stereocenters. The maximum absolute atomic E-state index is 12.6. The summed E-state index contributed by atoms with van der Waals surface area (Å²) in [5, 5.41) is 0. The second kappa shape index (κ2) is 37.6. The summed E-state index contributed by atoms with van der Waals surface area (Å²) in [4.78, 5) is 35.3. The average Bonchev–Trinajstić information content (AvgIpc) is 3.12. The highest BCUT2D eigenvalue weighted by Crippen LogP contribution is 2.43. The SMILES string of the molecule is CCCCCCCCCCCCCCCCCCCCCCC(=O)OC[C@H](COP(=O)(O)OCC[N+](C)(C)C)OC(=O)CCCCCCCCCCCC. The number of likely N-dealkylation sites (N-methyl/N-ethyl adjacent to an activating group) is 1. The molecule has 0 spiro atoms. The van der Waals surface area contributed by atoms with Gasteiger partial charge in [-0.2, -0.15) is 0 Å². The van der Waals surface area contributed by atoms with Crippen LogP contribution in [0.15, 0.2) is 0 Å². The van der Waals surface area contributed by atoms with Crippen LogP contribution in [-0.2, 0) is 32.7 Å². The lowest BCUT2D eigenvalue weighted by Gasteiger charge is -2.24. The number of ether oxygens (including phenoxy) is 2. The molecule has 0 aliphatic carbocycles. The van der Waals surface area contributed by atoms with Gasteiger partial charge in [0.1, 0.15) is 19.8 Å². The lowest BCUT2D eigenvalue weighted by molar-refractivity contribution is -0.870. The van der Waals surface area contributed by atoms with Crippen LogP contribution < -0.4 is 0 Å². The van der Waals surface area contributed by atoms with Gasteiger partial charge in [0.15, 0.2) is 6.10 Å². The standard InChI is InChI=1S/C44H88NO8P/c1-6-8-10-12-14-16-18-19-20-21-22-23-24-25-26-27-29-30-32-34-36-43(46)50-40-42(41-52-54(48,49)51-39-38-45(3,4)5)53-44(47)37-35-33-31-28-17-15-13-11-9-7-2/h42H,6-41H2,1-5H3/p+1/t42-/m1/s1. The van der Waals surface area contributed by atoms with Crippen LogP contribution in [0.25, 0.3) is 0 Å². The number of carbonyl (C=O) groups excluding carboxylic acids is 2. The Hall–Kier alpha value is -0.990. The van der Waals surface area contributed by atoms with Crippen molar-refractivity contribution >= 4 is 19.8 Å². The van der Waals surface area contributed by atoms with E-state index in [1.165, 1.54) is 154 Å². The van der Waals surface area contributed by atoms with Crippen molar-refractivity contribution in [1.29, 1.82) is 0 Å². The first-order valence-electron chi connectivity index (χ1n) is 22.8. The third-order valence-corrected chi connectivity index (χ3v) is 11.1. The van der Waals surface area contributed by atoms with Crippen LogP contribution in [0.4, 0.5) is 0 Å². The zero-order valence-electron chi connectivity index (χ0n) is 36.2. The van der Waals surface area contributed by atoms with Crippen LogP contribution in [0, 0.1) is 0 Å². The second-order valence-corrected chi connectivity index (χ2v) is 18.3. The van der Waals surface area contributed by atoms with Gasteiger partial charge in [0.05, 0.1) is 27.7 Å². The van der Waals surface area contributed by atoms with E-state index >= 15 is 0 Å². The minimum absolute atomic E-state index is 0.0366. The third kappa shape index (κ3) is 40.7. The van der Waals surface area contributed by atoms with Gasteiger partial charge in [-0.1, -0.05) is 194 Å². The summed E-state index contributed by atoms with van der Waals surface area (Å²) in [6.45, 7) is 4.44. The van der Waals surface area contributed by atoms with Gasteiger partial charge in [-0.25, -0.2) is 4.57 Å². The Morgan fingerprint density at radius 1 is 0.500 bits per heavy atom. The fraction of sp³-hybridized carbons (Fsp3) is 0.955. The molecule has 10 heteroatoms. The Bertz CT molecular complexity index is 896. The first-order valence-corrected chi connectivity index (χ1v) is 24.3. The van der Waals surface area contributed by atoms with Gasteiger partial charge in [0.2, 0.25) is 0 Å². The molecule has 54 heavy (non-hydrogen) atoms. The van der Waals surface area contributed by atoms with Crippen LogP contribution in [0.2, 0.25) is 0 Å². The van der Waals surface area contributed by atoms with Crippen molar-refractivity contribution in [2.45, 2.75) is 225 Å². The van der Waals surface area contributed by atoms with E-state index in [4.69, 9.17) is 18.5 Å². The largest absolute Gasteiger partial charge is 0.472 e. The van der Waals surface area contributed by atoms with Crippen molar-refractivity contribution in [3.8, 4) is 0 Å². The van der Waals surface area contributed by atoms with E-state index in [1.807, 2.05) is 21.1 Å². The maximum Gasteiger partial charge on any atom is 0.472 e. The van der Waals surface area contributed by atoms with E-state index in [-0.39, 0.29) is 25.6 Å². The second-order valence-electron chi connectivity index (χ2n) is 16.8. The number of rotatable bonds is 42. The van der Waals surface area contributed by atoms with Gasteiger partial charge in [-0.05, 0) is 12.8 Å². The highest BCUT2D eigenvalue weighted by atomic mass is 31.2. The number of hydrogen-bond donors (Lipinski definition) is 1. The first kappa shape index (κ1) is 53.0. The number of hydrogen-bond acceptors (Lipinski definition) is 7. The topological polar surface area (TPSA) is 108 Å². The summed E-state index contributed by atoms with van der Waals surface area (Å²) in [5.41, 5.74) is 0. The molecule has 0 aromatic rings. The highest BCUT2D eigenvalue weighted by molar-refractivity contribution is 7.47. The Labute approximate surface area is 334 Å². The third-order valence-electron chi connectivity index (χ3n) is 10.1. The summed E-state index contributed by atoms with van der Waals surface area (Å²) in [7, 11) is 1.49. The molecule has 1 N–H and O–H groups in total. The summed E-state index contributed by atoms with van der Waals surface area (Å²) < 4.78 is 34.3. The van der Waals surface area contributed by atoms with Crippen molar-refractivity contribution in [2.75, 3.05) is 47.5 Å². The monoisotopic (exact) mass is 791 g/mol. The predicted molar refractivity (Wildman–Crippen MR) is 225 cm³/mol. The summed E-state index contributed by atoms with van der Waals surface area (Å²) >= 11 is 0. The molecule has 0 aromatic carbocycles. The lowest BCUT2D eigenvalue weighted by atomic mass is 10.0. The van der Waals surface area contributed by atoms with Crippen molar-refractivity contribution in [2.24, 2.45) is 0 Å². The van der Waals surface area contributed by atoms with Gasteiger partial charge in [0.25, 0.3) is 0 Å². The zero-order chi connectivity index (χ0) is 40.0. The Kier molecular flexibility index (Phi) is 36.9. The molecule has 0 rings (SSSR count). The lowest BCUT2D eigenvalue weighted by Crippen LogP contribution is -2.37. The molecule has 0 radical (unpaired) electrons. The Morgan fingerprint density at radius 2 is 0.833 bits per heavy atom. The molecule has 0 amide bonds. The minimum atomic E-state index is -4.36. The number of phosphoric ester groups is 1. The zero-order valence-corrected chi connectivity index (χ0v) is 37.1. The van der Waals surface area contributed by atoms with Crippen LogP contribution in [-0.4, -0.2) is 74.9 Å². The van der Waals surface area contributed by atoms with E-state index in [0.29, 0.717) is 23.9 Å². The highest BCUT2D eigenvalue weighted by Gasteiger charge is 2.27. The molecule has 0 aromatic heterocycles. The molecule has 0 saturated carbocycles. The van der Waals surface area contributed by atoms with Gasteiger partial charge in [0, 0.05) is 12.8 Å². The van der Waals surface area contributed by atoms with Crippen LogP contribution >= 0.6 is 7.82 Å². The van der Waals surface area contributed by atoms with Crippen LogP contribution in [0.3, 0.4) is 0 Å². The number of phosphoric acid groups is 1. The number of carbonyl (C=O) groups is 2. The average molecular weight is 791 g/mol. The number of nitrogens with zero attached hydrogens (tertiary/aromatic N) is 1. The molecule has 0 fully saturated rings. The smallest absolute Gasteiger partial charge is 0.462 e. The van der Waals surface area contributed by atoms with Crippen molar-refractivity contribution < 1.29 is 42.1 Å². The molecule has 2 atom stereocenters. The molecular formula is C44H89NO8P+. The van der Waals surface area contributed by atoms with Crippen LogP contribution in [0.5, 0.6) is 0 Å².